The Balaban J connectivity index is 1.46. The third-order valence-electron chi connectivity index (χ3n) is 5.01. The van der Waals surface area contributed by atoms with Crippen molar-refractivity contribution in [3.63, 3.8) is 0 Å². The summed E-state index contributed by atoms with van der Waals surface area (Å²) in [6, 6.07) is 13.1. The van der Waals surface area contributed by atoms with E-state index in [0.717, 1.165) is 34.0 Å². The molecule has 0 bridgehead atoms. The van der Waals surface area contributed by atoms with E-state index in [4.69, 9.17) is 5.73 Å². The standard InChI is InChI=1S/C21H19N7O/c22-21-20-16(13-28(26-20)11-3-10-27-9-2-1-4-19(27)29)15-6-5-14(12-18(15)24-21)17-7-8-23-25-17/h1-2,4-9,12-13H,3,10-11H2,(H2,22,24)(H,23,25). The number of anilines is 1. The summed E-state index contributed by atoms with van der Waals surface area (Å²) in [6.07, 6.45) is 6.37. The molecule has 144 valence electrons. The Morgan fingerprint density at radius 2 is 2.00 bits per heavy atom. The number of hydrogen-bond donors (Lipinski definition) is 2. The van der Waals surface area contributed by atoms with Crippen LogP contribution in [0.4, 0.5) is 5.82 Å². The lowest BCUT2D eigenvalue weighted by molar-refractivity contribution is 0.522. The van der Waals surface area contributed by atoms with Crippen LogP contribution in [0.15, 0.2) is 65.8 Å². The Kier molecular flexibility index (Phi) is 4.09. The number of H-pyrrole nitrogens is 1. The number of aromatic amines is 1. The first-order valence-corrected chi connectivity index (χ1v) is 9.41. The molecule has 1 aromatic carbocycles. The van der Waals surface area contributed by atoms with Crippen molar-refractivity contribution in [1.29, 1.82) is 0 Å². The number of nitrogen functional groups attached to an aromatic ring is 1. The van der Waals surface area contributed by atoms with Gasteiger partial charge in [-0.1, -0.05) is 18.2 Å². The van der Waals surface area contributed by atoms with E-state index in [1.807, 2.05) is 41.2 Å². The van der Waals surface area contributed by atoms with Gasteiger partial charge in [-0.15, -0.1) is 0 Å². The number of nitrogens with two attached hydrogens (primary N) is 1. The summed E-state index contributed by atoms with van der Waals surface area (Å²) < 4.78 is 3.57. The fourth-order valence-corrected chi connectivity index (χ4v) is 3.59. The molecule has 8 nitrogen and oxygen atoms in total. The van der Waals surface area contributed by atoms with E-state index >= 15 is 0 Å². The van der Waals surface area contributed by atoms with Crippen LogP contribution >= 0.6 is 0 Å². The van der Waals surface area contributed by atoms with Gasteiger partial charge in [0.25, 0.3) is 0 Å². The summed E-state index contributed by atoms with van der Waals surface area (Å²) in [5.41, 5.74) is 9.54. The predicted octanol–water partition coefficient (Wildman–Crippen LogP) is 2.81. The fourth-order valence-electron chi connectivity index (χ4n) is 3.59. The van der Waals surface area contributed by atoms with Crippen LogP contribution in [0.1, 0.15) is 6.42 Å². The molecule has 0 aliphatic carbocycles. The number of aromatic nitrogens is 6. The van der Waals surface area contributed by atoms with E-state index in [2.05, 4.69) is 20.3 Å². The molecular formula is C21H19N7O. The first kappa shape index (κ1) is 17.2. The first-order valence-electron chi connectivity index (χ1n) is 9.41. The normalized spacial score (nSPS) is 11.4. The largest absolute Gasteiger partial charge is 0.382 e. The molecule has 0 fully saturated rings. The maximum Gasteiger partial charge on any atom is 0.250 e. The molecule has 0 amide bonds. The Morgan fingerprint density at radius 3 is 2.83 bits per heavy atom. The van der Waals surface area contributed by atoms with Crippen molar-refractivity contribution < 1.29 is 0 Å². The van der Waals surface area contributed by atoms with Crippen LogP contribution in [-0.4, -0.2) is 29.5 Å². The first-order chi connectivity index (χ1) is 14.2. The third kappa shape index (κ3) is 3.14. The molecule has 0 saturated heterocycles. The average molecular weight is 385 g/mol. The predicted molar refractivity (Wildman–Crippen MR) is 112 cm³/mol. The maximum absolute atomic E-state index is 11.8. The van der Waals surface area contributed by atoms with Gasteiger partial charge in [0.05, 0.1) is 11.2 Å². The number of aryl methyl sites for hydroxylation is 2. The molecule has 3 N–H and O–H groups in total. The molecular weight excluding hydrogens is 366 g/mol. The second kappa shape index (κ2) is 6.90. The Labute approximate surface area is 165 Å². The van der Waals surface area contributed by atoms with Crippen LogP contribution in [-0.2, 0) is 13.1 Å². The highest BCUT2D eigenvalue weighted by atomic mass is 16.1. The highest BCUT2D eigenvalue weighted by molar-refractivity contribution is 6.08. The SMILES string of the molecule is Nc1nc2cc(-c3cc[nH]n3)ccc2c2cn(CCCn3ccccc3=O)nc12. The second-order valence-corrected chi connectivity index (χ2v) is 6.93. The molecule has 0 unspecified atom stereocenters. The maximum atomic E-state index is 11.8. The Bertz CT molecular complexity index is 1370. The van der Waals surface area contributed by atoms with Crippen LogP contribution in [0.25, 0.3) is 33.1 Å². The molecule has 5 aromatic rings. The van der Waals surface area contributed by atoms with Crippen molar-refractivity contribution in [1.82, 2.24) is 29.5 Å². The number of hydrogen-bond acceptors (Lipinski definition) is 5. The minimum atomic E-state index is 0.00489. The van der Waals surface area contributed by atoms with E-state index in [0.29, 0.717) is 24.4 Å². The molecule has 0 aliphatic heterocycles. The van der Waals surface area contributed by atoms with Gasteiger partial charge in [-0.3, -0.25) is 14.6 Å². The zero-order valence-corrected chi connectivity index (χ0v) is 15.6. The summed E-state index contributed by atoms with van der Waals surface area (Å²) >= 11 is 0. The molecule has 5 rings (SSSR count). The monoisotopic (exact) mass is 385 g/mol. The summed E-state index contributed by atoms with van der Waals surface area (Å²) in [5, 5.41) is 13.6. The fraction of sp³-hybridized carbons (Fsp3) is 0.143. The highest BCUT2D eigenvalue weighted by Gasteiger charge is 2.12. The van der Waals surface area contributed by atoms with Crippen LogP contribution < -0.4 is 11.3 Å². The topological polar surface area (TPSA) is 107 Å². The number of benzene rings is 1. The zero-order valence-electron chi connectivity index (χ0n) is 15.6. The van der Waals surface area contributed by atoms with Crippen molar-refractivity contribution in [3.05, 3.63) is 71.4 Å². The van der Waals surface area contributed by atoms with Gasteiger partial charge in [-0.2, -0.15) is 10.2 Å². The minimum absolute atomic E-state index is 0.00489. The molecule has 8 heteroatoms. The summed E-state index contributed by atoms with van der Waals surface area (Å²) in [4.78, 5) is 16.4. The molecule has 4 heterocycles. The highest BCUT2D eigenvalue weighted by Crippen LogP contribution is 2.29. The number of pyridine rings is 2. The van der Waals surface area contributed by atoms with Crippen molar-refractivity contribution >= 4 is 27.6 Å². The van der Waals surface area contributed by atoms with Gasteiger partial charge < -0.3 is 10.3 Å². The van der Waals surface area contributed by atoms with Crippen LogP contribution in [0.3, 0.4) is 0 Å². The summed E-state index contributed by atoms with van der Waals surface area (Å²) in [7, 11) is 0. The molecule has 4 aromatic heterocycles. The summed E-state index contributed by atoms with van der Waals surface area (Å²) in [6.45, 7) is 1.32. The van der Waals surface area contributed by atoms with E-state index in [9.17, 15) is 4.79 Å². The van der Waals surface area contributed by atoms with Crippen LogP contribution in [0.5, 0.6) is 0 Å². The van der Waals surface area contributed by atoms with Gasteiger partial charge in [0, 0.05) is 54.1 Å². The van der Waals surface area contributed by atoms with Crippen molar-refractivity contribution in [2.45, 2.75) is 19.5 Å². The minimum Gasteiger partial charge on any atom is -0.382 e. The van der Waals surface area contributed by atoms with Gasteiger partial charge in [-0.25, -0.2) is 4.98 Å². The molecule has 29 heavy (non-hydrogen) atoms. The van der Waals surface area contributed by atoms with Gasteiger partial charge in [0.2, 0.25) is 5.56 Å². The number of rotatable bonds is 5. The lowest BCUT2D eigenvalue weighted by atomic mass is 10.1. The molecule has 0 spiro atoms. The van der Waals surface area contributed by atoms with E-state index in [-0.39, 0.29) is 5.56 Å². The number of nitrogens with one attached hydrogen (secondary N) is 1. The zero-order chi connectivity index (χ0) is 19.8. The molecule has 0 atom stereocenters. The third-order valence-corrected chi connectivity index (χ3v) is 5.01. The van der Waals surface area contributed by atoms with Crippen molar-refractivity contribution in [2.24, 2.45) is 0 Å². The van der Waals surface area contributed by atoms with Gasteiger partial charge >= 0.3 is 0 Å². The van der Waals surface area contributed by atoms with Gasteiger partial charge in [0.1, 0.15) is 5.52 Å². The smallest absolute Gasteiger partial charge is 0.250 e. The van der Waals surface area contributed by atoms with Gasteiger partial charge in [0.15, 0.2) is 5.82 Å². The van der Waals surface area contributed by atoms with E-state index in [1.54, 1.807) is 29.1 Å². The van der Waals surface area contributed by atoms with E-state index < -0.39 is 0 Å². The lowest BCUT2D eigenvalue weighted by Gasteiger charge is -2.04. The summed E-state index contributed by atoms with van der Waals surface area (Å²) in [5.74, 6) is 0.407. The van der Waals surface area contributed by atoms with Crippen molar-refractivity contribution in [3.8, 4) is 11.3 Å². The Morgan fingerprint density at radius 1 is 1.07 bits per heavy atom. The average Bonchev–Trinajstić information content (AvgIpc) is 3.39. The number of fused-ring (bicyclic) bond motifs is 3. The van der Waals surface area contributed by atoms with Crippen LogP contribution in [0.2, 0.25) is 0 Å². The number of nitrogens with zero attached hydrogens (tertiary/aromatic N) is 5. The van der Waals surface area contributed by atoms with E-state index in [1.165, 1.54) is 0 Å². The quantitative estimate of drug-likeness (QED) is 0.484. The lowest BCUT2D eigenvalue weighted by Crippen LogP contribution is -2.18. The second-order valence-electron chi connectivity index (χ2n) is 6.93. The van der Waals surface area contributed by atoms with Crippen molar-refractivity contribution in [2.75, 3.05) is 5.73 Å². The van der Waals surface area contributed by atoms with Gasteiger partial charge in [-0.05, 0) is 24.6 Å². The molecule has 0 saturated carbocycles. The Hall–Kier alpha value is -3.94. The molecule has 0 aliphatic rings. The molecule has 0 radical (unpaired) electrons. The van der Waals surface area contributed by atoms with Crippen LogP contribution in [0, 0.1) is 0 Å².